The maximum absolute atomic E-state index is 14.1. The van der Waals surface area contributed by atoms with E-state index in [1.807, 2.05) is 0 Å². The zero-order valence-corrected chi connectivity index (χ0v) is 15.0. The van der Waals surface area contributed by atoms with Crippen LogP contribution in [-0.4, -0.2) is 36.1 Å². The average Bonchev–Trinajstić information content (AvgIpc) is 2.89. The number of carbonyl (C=O) groups excluding carboxylic acids is 1. The van der Waals surface area contributed by atoms with Gasteiger partial charge in [0.25, 0.3) is 5.91 Å². The van der Waals surface area contributed by atoms with E-state index < -0.39 is 5.82 Å². The minimum Gasteiger partial charge on any atom is -0.385 e. The molecule has 0 fully saturated rings. The first-order chi connectivity index (χ1) is 11.0. The molecule has 2 aromatic rings. The van der Waals surface area contributed by atoms with Crippen LogP contribution in [0, 0.1) is 9.39 Å². The van der Waals surface area contributed by atoms with Gasteiger partial charge in [-0.05, 0) is 35.1 Å². The maximum Gasteiger partial charge on any atom is 0.254 e. The van der Waals surface area contributed by atoms with Gasteiger partial charge in [0.1, 0.15) is 0 Å². The number of pyridine rings is 1. The fourth-order valence-electron chi connectivity index (χ4n) is 2.90. The van der Waals surface area contributed by atoms with E-state index in [1.54, 1.807) is 19.4 Å². The van der Waals surface area contributed by atoms with E-state index in [0.717, 1.165) is 15.7 Å². The molecule has 0 saturated heterocycles. The van der Waals surface area contributed by atoms with Crippen LogP contribution in [0.2, 0.25) is 0 Å². The number of ether oxygens (including phenoxy) is 1. The van der Waals surface area contributed by atoms with Gasteiger partial charge in [0.05, 0.1) is 21.0 Å². The number of fused-ring (bicyclic) bond motifs is 1. The molecule has 2 N–H and O–H groups in total. The second kappa shape index (κ2) is 6.20. The highest BCUT2D eigenvalue weighted by Gasteiger charge is 2.39. The van der Waals surface area contributed by atoms with Crippen LogP contribution >= 0.6 is 22.6 Å². The number of aromatic nitrogens is 2. The summed E-state index contributed by atoms with van der Waals surface area (Å²) in [4.78, 5) is 19.4. The van der Waals surface area contributed by atoms with E-state index in [0.29, 0.717) is 30.0 Å². The topological polar surface area (TPSA) is 67.0 Å². The first-order valence-corrected chi connectivity index (χ1v) is 8.35. The molecule has 0 aliphatic carbocycles. The second-order valence-corrected chi connectivity index (χ2v) is 6.98. The molecular weight excluding hydrogens is 412 g/mol. The Kier molecular flexibility index (Phi) is 4.41. The Hall–Kier alpha value is -1.48. The van der Waals surface area contributed by atoms with Crippen molar-refractivity contribution in [2.75, 3.05) is 20.3 Å². The van der Waals surface area contributed by atoms with Gasteiger partial charge in [-0.3, -0.25) is 9.78 Å². The molecule has 3 heterocycles. The lowest BCUT2D eigenvalue weighted by Gasteiger charge is -2.33. The highest BCUT2D eigenvalue weighted by Crippen LogP contribution is 2.39. The predicted molar refractivity (Wildman–Crippen MR) is 92.9 cm³/mol. The molecule has 1 aliphatic heterocycles. The van der Waals surface area contributed by atoms with Crippen molar-refractivity contribution in [3.05, 3.63) is 39.1 Å². The predicted octanol–water partition coefficient (Wildman–Crippen LogP) is 2.86. The number of hydrogen-bond donors (Lipinski definition) is 2. The molecule has 7 heteroatoms. The van der Waals surface area contributed by atoms with Gasteiger partial charge in [0.15, 0.2) is 5.82 Å². The van der Waals surface area contributed by atoms with Gasteiger partial charge in [-0.2, -0.15) is 0 Å². The van der Waals surface area contributed by atoms with Crippen LogP contribution in [0.25, 0.3) is 11.3 Å². The summed E-state index contributed by atoms with van der Waals surface area (Å²) in [6.07, 6.45) is 3.47. The van der Waals surface area contributed by atoms with Gasteiger partial charge < -0.3 is 15.0 Å². The number of hydrogen-bond acceptors (Lipinski definition) is 3. The quantitative estimate of drug-likeness (QED) is 0.735. The summed E-state index contributed by atoms with van der Waals surface area (Å²) in [5.74, 6) is -0.542. The molecule has 1 atom stereocenters. The Bertz CT molecular complexity index is 762. The van der Waals surface area contributed by atoms with Crippen molar-refractivity contribution < 1.29 is 13.9 Å². The normalized spacial score (nSPS) is 20.3. The fraction of sp³-hybridized carbons (Fsp3) is 0.375. The van der Waals surface area contributed by atoms with Gasteiger partial charge in [0.2, 0.25) is 0 Å². The number of rotatable bonds is 4. The van der Waals surface area contributed by atoms with Crippen molar-refractivity contribution >= 4 is 28.5 Å². The number of amides is 1. The van der Waals surface area contributed by atoms with Gasteiger partial charge in [-0.25, -0.2) is 4.39 Å². The second-order valence-electron chi connectivity index (χ2n) is 5.91. The van der Waals surface area contributed by atoms with Gasteiger partial charge in [-0.1, -0.05) is 6.92 Å². The van der Waals surface area contributed by atoms with Crippen molar-refractivity contribution in [3.8, 4) is 11.3 Å². The largest absolute Gasteiger partial charge is 0.385 e. The number of H-pyrrole nitrogens is 1. The number of aromatic amines is 1. The molecule has 1 amide bonds. The number of halogens is 2. The SMILES string of the molecule is COCCC1(C)CNC(=O)c2c1[nH]c(-c1ccncc1F)c2I. The molecule has 3 rings (SSSR count). The van der Waals surface area contributed by atoms with E-state index in [9.17, 15) is 9.18 Å². The van der Waals surface area contributed by atoms with Crippen molar-refractivity contribution in [2.24, 2.45) is 0 Å². The summed E-state index contributed by atoms with van der Waals surface area (Å²) in [5, 5.41) is 2.93. The van der Waals surface area contributed by atoms with Gasteiger partial charge in [0, 0.05) is 43.1 Å². The molecule has 2 aromatic heterocycles. The zero-order chi connectivity index (χ0) is 16.6. The molecule has 5 nitrogen and oxygen atoms in total. The van der Waals surface area contributed by atoms with Crippen LogP contribution < -0.4 is 5.32 Å². The molecule has 0 bridgehead atoms. The Labute approximate surface area is 147 Å². The lowest BCUT2D eigenvalue weighted by Crippen LogP contribution is -2.45. The van der Waals surface area contributed by atoms with E-state index >= 15 is 0 Å². The molecule has 1 aliphatic rings. The summed E-state index contributed by atoms with van der Waals surface area (Å²) in [5.41, 5.74) is 2.20. The van der Waals surface area contributed by atoms with Gasteiger partial charge >= 0.3 is 0 Å². The fourth-order valence-corrected chi connectivity index (χ4v) is 3.84. The van der Waals surface area contributed by atoms with E-state index in [4.69, 9.17) is 4.74 Å². The van der Waals surface area contributed by atoms with Crippen molar-refractivity contribution in [1.29, 1.82) is 0 Å². The summed E-state index contributed by atoms with van der Waals surface area (Å²) < 4.78 is 20.0. The highest BCUT2D eigenvalue weighted by atomic mass is 127. The first-order valence-electron chi connectivity index (χ1n) is 7.27. The lowest BCUT2D eigenvalue weighted by molar-refractivity contribution is 0.0911. The summed E-state index contributed by atoms with van der Waals surface area (Å²) >= 11 is 2.10. The van der Waals surface area contributed by atoms with Gasteiger partial charge in [-0.15, -0.1) is 0 Å². The van der Waals surface area contributed by atoms with E-state index in [-0.39, 0.29) is 11.3 Å². The Morgan fingerprint density at radius 3 is 3.00 bits per heavy atom. The van der Waals surface area contributed by atoms with Crippen LogP contribution in [0.4, 0.5) is 4.39 Å². The molecule has 0 saturated carbocycles. The number of methoxy groups -OCH3 is 1. The molecular formula is C16H17FIN3O2. The van der Waals surface area contributed by atoms with Crippen molar-refractivity contribution in [3.63, 3.8) is 0 Å². The number of carbonyl (C=O) groups is 1. The monoisotopic (exact) mass is 429 g/mol. The van der Waals surface area contributed by atoms with Crippen LogP contribution in [0.3, 0.4) is 0 Å². The zero-order valence-electron chi connectivity index (χ0n) is 12.9. The third kappa shape index (κ3) is 2.76. The first kappa shape index (κ1) is 16.4. The van der Waals surface area contributed by atoms with Crippen LogP contribution in [-0.2, 0) is 10.2 Å². The molecule has 0 aromatic carbocycles. The number of nitrogens with one attached hydrogen (secondary N) is 2. The van der Waals surface area contributed by atoms with Crippen LogP contribution in [0.1, 0.15) is 29.4 Å². The smallest absolute Gasteiger partial charge is 0.254 e. The van der Waals surface area contributed by atoms with E-state index in [2.05, 4.69) is 44.8 Å². The third-order valence-electron chi connectivity index (χ3n) is 4.31. The third-order valence-corrected chi connectivity index (χ3v) is 5.39. The minimum atomic E-state index is -0.414. The van der Waals surface area contributed by atoms with Crippen LogP contribution in [0.15, 0.2) is 18.5 Å². The number of nitrogens with zero attached hydrogens (tertiary/aromatic N) is 1. The molecule has 122 valence electrons. The summed E-state index contributed by atoms with van der Waals surface area (Å²) in [7, 11) is 1.65. The standard InChI is InChI=1S/C16H17FIN3O2/c1-16(4-6-23-2)8-20-15(22)11-12(18)13(21-14(11)16)9-3-5-19-7-10(9)17/h3,5,7,21H,4,6,8H2,1-2H3,(H,20,22). The van der Waals surface area contributed by atoms with E-state index in [1.165, 1.54) is 6.20 Å². The molecule has 0 radical (unpaired) electrons. The average molecular weight is 429 g/mol. The Balaban J connectivity index is 2.15. The lowest BCUT2D eigenvalue weighted by atomic mass is 9.79. The summed E-state index contributed by atoms with van der Waals surface area (Å²) in [6, 6.07) is 1.61. The highest BCUT2D eigenvalue weighted by molar-refractivity contribution is 14.1. The van der Waals surface area contributed by atoms with Crippen molar-refractivity contribution in [1.82, 2.24) is 15.3 Å². The maximum atomic E-state index is 14.1. The Morgan fingerprint density at radius 2 is 2.30 bits per heavy atom. The van der Waals surface area contributed by atoms with Crippen LogP contribution in [0.5, 0.6) is 0 Å². The molecule has 0 spiro atoms. The minimum absolute atomic E-state index is 0.128. The Morgan fingerprint density at radius 1 is 1.52 bits per heavy atom. The molecule has 23 heavy (non-hydrogen) atoms. The summed E-state index contributed by atoms with van der Waals surface area (Å²) in [6.45, 7) is 3.18. The molecule has 1 unspecified atom stereocenters. The van der Waals surface area contributed by atoms with Crippen molar-refractivity contribution in [2.45, 2.75) is 18.8 Å².